The Labute approximate surface area is 228 Å². The minimum absolute atomic E-state index is 0.238. The molecule has 0 bridgehead atoms. The predicted octanol–water partition coefficient (Wildman–Crippen LogP) is -4.49. The Kier molecular flexibility index (Phi) is 16.2. The molecule has 0 aliphatic carbocycles. The molecule has 0 saturated carbocycles. The minimum Gasteiger partial charge on any atom is -0.394 e. The van der Waals surface area contributed by atoms with Crippen LogP contribution in [-0.2, 0) is 28.4 Å². The summed E-state index contributed by atoms with van der Waals surface area (Å²) in [6, 6.07) is 0. The first-order valence-corrected chi connectivity index (χ1v) is 12.8. The van der Waals surface area contributed by atoms with Crippen LogP contribution in [0, 0.1) is 0 Å². The molecule has 3 aliphatic heterocycles. The van der Waals surface area contributed by atoms with Crippen molar-refractivity contribution in [2.75, 3.05) is 41.2 Å². The van der Waals surface area contributed by atoms with Crippen molar-refractivity contribution in [2.24, 2.45) is 0 Å². The van der Waals surface area contributed by atoms with Gasteiger partial charge in [0.2, 0.25) is 0 Å². The number of ether oxygens (including phenoxy) is 6. The van der Waals surface area contributed by atoms with Crippen LogP contribution in [0.25, 0.3) is 0 Å². The van der Waals surface area contributed by atoms with Gasteiger partial charge in [-0.2, -0.15) is 0 Å². The maximum atomic E-state index is 9.55. The van der Waals surface area contributed by atoms with E-state index in [9.17, 15) is 30.6 Å². The highest BCUT2D eigenvalue weighted by Gasteiger charge is 2.46. The van der Waals surface area contributed by atoms with E-state index in [0.29, 0.717) is 0 Å². The smallest absolute Gasteiger partial charge is 0.115 e. The highest BCUT2D eigenvalue weighted by molar-refractivity contribution is 4.94. The molecule has 0 aromatic heterocycles. The molecule has 234 valence electrons. The third-order valence-corrected chi connectivity index (χ3v) is 7.12. The molecule has 0 radical (unpaired) electrons. The van der Waals surface area contributed by atoms with Gasteiger partial charge in [-0.05, 0) is 20.8 Å². The second-order valence-corrected chi connectivity index (χ2v) is 9.73. The van der Waals surface area contributed by atoms with Crippen LogP contribution in [0.15, 0.2) is 0 Å². The fourth-order valence-electron chi connectivity index (χ4n) is 4.60. The van der Waals surface area contributed by atoms with Crippen molar-refractivity contribution in [1.29, 1.82) is 0 Å². The molecule has 0 spiro atoms. The van der Waals surface area contributed by atoms with Crippen LogP contribution in [0.3, 0.4) is 0 Å². The van der Waals surface area contributed by atoms with E-state index in [4.69, 9.17) is 43.7 Å². The molecule has 39 heavy (non-hydrogen) atoms. The maximum Gasteiger partial charge on any atom is 0.115 e. The zero-order chi connectivity index (χ0) is 30.0. The second kappa shape index (κ2) is 17.4. The summed E-state index contributed by atoms with van der Waals surface area (Å²) in [5, 5.41) is 83.2. The van der Waals surface area contributed by atoms with Crippen molar-refractivity contribution in [1.82, 2.24) is 0 Å². The van der Waals surface area contributed by atoms with Crippen molar-refractivity contribution in [2.45, 2.75) is 112 Å². The second-order valence-electron chi connectivity index (χ2n) is 9.73. The third-order valence-electron chi connectivity index (χ3n) is 7.12. The zero-order valence-corrected chi connectivity index (χ0v) is 23.3. The summed E-state index contributed by atoms with van der Waals surface area (Å²) < 4.78 is 30.5. The highest BCUT2D eigenvalue weighted by atomic mass is 16.6. The third kappa shape index (κ3) is 9.19. The monoisotopic (exact) mass is 576 g/mol. The molecule has 3 heterocycles. The van der Waals surface area contributed by atoms with Gasteiger partial charge in [0.15, 0.2) is 0 Å². The molecule has 3 fully saturated rings. The summed E-state index contributed by atoms with van der Waals surface area (Å²) in [6.45, 7) is 4.11. The molecule has 3 aliphatic rings. The van der Waals surface area contributed by atoms with Crippen LogP contribution in [0.5, 0.6) is 0 Å². The highest BCUT2D eigenvalue weighted by Crippen LogP contribution is 2.26. The van der Waals surface area contributed by atoms with Gasteiger partial charge in [0.05, 0.1) is 38.1 Å². The largest absolute Gasteiger partial charge is 0.394 e. The number of methoxy groups -OCH3 is 3. The van der Waals surface area contributed by atoms with Crippen LogP contribution in [0.2, 0.25) is 0 Å². The lowest BCUT2D eigenvalue weighted by Crippen LogP contribution is -2.58. The first-order valence-electron chi connectivity index (χ1n) is 12.8. The van der Waals surface area contributed by atoms with Gasteiger partial charge < -0.3 is 74.4 Å². The number of hydrogen-bond donors (Lipinski definition) is 9. The number of hydrogen-bond acceptors (Lipinski definition) is 15. The van der Waals surface area contributed by atoms with E-state index in [0.717, 1.165) is 0 Å². The topological polar surface area (TPSA) is 237 Å². The summed E-state index contributed by atoms with van der Waals surface area (Å²) in [5.41, 5.74) is 0. The molecular weight excluding hydrogens is 528 g/mol. The molecule has 0 aromatic rings. The van der Waals surface area contributed by atoms with Gasteiger partial charge in [-0.3, -0.25) is 0 Å². The molecule has 9 N–H and O–H groups in total. The minimum atomic E-state index is -1.01. The van der Waals surface area contributed by atoms with E-state index in [-0.39, 0.29) is 19.3 Å². The van der Waals surface area contributed by atoms with E-state index in [1.54, 1.807) is 20.8 Å². The lowest BCUT2D eigenvalue weighted by atomic mass is 9.96. The van der Waals surface area contributed by atoms with Gasteiger partial charge in [-0.15, -0.1) is 0 Å². The van der Waals surface area contributed by atoms with E-state index in [2.05, 4.69) is 0 Å². The van der Waals surface area contributed by atoms with Gasteiger partial charge in [-0.25, -0.2) is 0 Å². The number of aliphatic hydroxyl groups is 9. The predicted molar refractivity (Wildman–Crippen MR) is 133 cm³/mol. The molecule has 15 heteroatoms. The molecule has 15 nitrogen and oxygen atoms in total. The Morgan fingerprint density at radius 3 is 1.51 bits per heavy atom. The Morgan fingerprint density at radius 2 is 1.10 bits per heavy atom. The molecule has 0 aromatic carbocycles. The van der Waals surface area contributed by atoms with E-state index >= 15 is 0 Å². The number of rotatable bonds is 8. The normalized spacial score (nSPS) is 43.6. The summed E-state index contributed by atoms with van der Waals surface area (Å²) in [5.74, 6) is 0. The van der Waals surface area contributed by atoms with Crippen molar-refractivity contribution in [3.63, 3.8) is 0 Å². The SMILES string of the molecule is CO[C@@H]1C(O)[C@@H](C)OC(CO)[C@@H]1O.CO[C@H](CO)[C@@H]1O[C@H](C)C(O)[C@@H]1O.CO[C@H]1C(O)[C@@H](C)O[C@H]1[C@H](O)CO. The molecule has 4 unspecified atom stereocenters. The van der Waals surface area contributed by atoms with Crippen LogP contribution in [0.1, 0.15) is 20.8 Å². The number of aliphatic hydroxyl groups excluding tert-OH is 9. The van der Waals surface area contributed by atoms with E-state index < -0.39 is 92.1 Å². The van der Waals surface area contributed by atoms with Crippen molar-refractivity contribution < 1.29 is 74.4 Å². The molecule has 3 saturated heterocycles. The van der Waals surface area contributed by atoms with E-state index in [1.165, 1.54) is 21.3 Å². The first-order chi connectivity index (χ1) is 18.3. The quantitative estimate of drug-likeness (QED) is 0.132. The van der Waals surface area contributed by atoms with Crippen molar-refractivity contribution in [3.05, 3.63) is 0 Å². The first kappa shape index (κ1) is 36.4. The Bertz CT molecular complexity index is 648. The zero-order valence-electron chi connectivity index (χ0n) is 23.3. The van der Waals surface area contributed by atoms with Gasteiger partial charge in [0.1, 0.15) is 73.2 Å². The Morgan fingerprint density at radius 1 is 0.615 bits per heavy atom. The molecule has 3 rings (SSSR count). The summed E-state index contributed by atoms with van der Waals surface area (Å²) >= 11 is 0. The Hall–Kier alpha value is -0.600. The maximum absolute atomic E-state index is 9.55. The van der Waals surface area contributed by atoms with Crippen molar-refractivity contribution in [3.8, 4) is 0 Å². The van der Waals surface area contributed by atoms with E-state index in [1.807, 2.05) is 0 Å². The van der Waals surface area contributed by atoms with Crippen LogP contribution in [0.4, 0.5) is 0 Å². The fraction of sp³-hybridized carbons (Fsp3) is 1.00. The lowest BCUT2D eigenvalue weighted by Gasteiger charge is -2.40. The van der Waals surface area contributed by atoms with Gasteiger partial charge in [0.25, 0.3) is 0 Å². The van der Waals surface area contributed by atoms with Crippen LogP contribution >= 0.6 is 0 Å². The summed E-state index contributed by atoms with van der Waals surface area (Å²) in [6.07, 6.45) is -10.6. The summed E-state index contributed by atoms with van der Waals surface area (Å²) in [4.78, 5) is 0. The average Bonchev–Trinajstić information content (AvgIpc) is 3.36. The van der Waals surface area contributed by atoms with Crippen LogP contribution in [-0.4, -0.2) is 179 Å². The van der Waals surface area contributed by atoms with Gasteiger partial charge >= 0.3 is 0 Å². The van der Waals surface area contributed by atoms with Crippen molar-refractivity contribution >= 4 is 0 Å². The molecule has 0 amide bonds. The Balaban J connectivity index is 0.000000292. The fourth-order valence-corrected chi connectivity index (χ4v) is 4.60. The average molecular weight is 577 g/mol. The molecule has 15 atom stereocenters. The van der Waals surface area contributed by atoms with Gasteiger partial charge in [-0.1, -0.05) is 0 Å². The van der Waals surface area contributed by atoms with Gasteiger partial charge in [0, 0.05) is 21.3 Å². The lowest BCUT2D eigenvalue weighted by molar-refractivity contribution is -0.231. The molecular formula is C24H48O15. The standard InChI is InChI=1S/3C8H16O5/c1-4-6(10)7(11)8(13-4)5(3-9)12-2;1-4-6(10)8(12-2)7(11)5(3-9)13-4;1-4-6(11)8(12-2)7(13-4)5(10)3-9/h3*4-11H,3H2,1-2H3/t4-,5-,6?,7+,8+;4-,5?,6?,7+,8-;4-,5-,6?,7+,8+/m111/s1. The summed E-state index contributed by atoms with van der Waals surface area (Å²) in [7, 11) is 4.27. The van der Waals surface area contributed by atoms with Crippen LogP contribution < -0.4 is 0 Å².